The van der Waals surface area contributed by atoms with Crippen LogP contribution in [0.4, 0.5) is 4.79 Å². The van der Waals surface area contributed by atoms with Crippen molar-refractivity contribution in [1.29, 1.82) is 0 Å². The van der Waals surface area contributed by atoms with Crippen molar-refractivity contribution in [3.63, 3.8) is 0 Å². The third-order valence-corrected chi connectivity index (χ3v) is 4.62. The number of ether oxygens (including phenoxy) is 1. The van der Waals surface area contributed by atoms with Crippen molar-refractivity contribution in [2.45, 2.75) is 39.7 Å². The number of rotatable bonds is 2. The van der Waals surface area contributed by atoms with Crippen molar-refractivity contribution in [1.82, 2.24) is 14.3 Å². The molecule has 0 aromatic carbocycles. The van der Waals surface area contributed by atoms with Crippen LogP contribution in [-0.2, 0) is 11.2 Å². The average molecular weight is 380 g/mol. The van der Waals surface area contributed by atoms with Gasteiger partial charge in [0.05, 0.1) is 11.7 Å². The van der Waals surface area contributed by atoms with E-state index < -0.39 is 5.60 Å². The molecule has 23 heavy (non-hydrogen) atoms. The first-order valence-corrected chi connectivity index (χ1v) is 8.62. The lowest BCUT2D eigenvalue weighted by atomic mass is 9.95. The molecule has 1 aliphatic heterocycles. The van der Waals surface area contributed by atoms with E-state index in [0.717, 1.165) is 35.2 Å². The normalized spacial score (nSPS) is 15.8. The Morgan fingerprint density at radius 1 is 1.39 bits per heavy atom. The van der Waals surface area contributed by atoms with Crippen molar-refractivity contribution in [2.75, 3.05) is 13.1 Å². The number of hydrogen-bond donors (Lipinski definition) is 0. The molecule has 0 aliphatic carbocycles. The molecule has 1 aliphatic rings. The molecule has 1 saturated heterocycles. The number of carbonyl (C=O) groups is 1. The molecule has 0 spiro atoms. The fraction of sp³-hybridized carbons (Fsp3) is 0.529. The van der Waals surface area contributed by atoms with Gasteiger partial charge in [0, 0.05) is 35.1 Å². The summed E-state index contributed by atoms with van der Waals surface area (Å²) in [4.78, 5) is 18.0. The Morgan fingerprint density at radius 2 is 2.09 bits per heavy atom. The zero-order chi connectivity index (χ0) is 16.8. The maximum Gasteiger partial charge on any atom is 0.410 e. The molecular formula is C17H22BrN3O2. The summed E-state index contributed by atoms with van der Waals surface area (Å²) in [5.74, 6) is 0.472. The first-order valence-electron chi connectivity index (χ1n) is 7.83. The maximum absolute atomic E-state index is 12.0. The molecule has 3 heterocycles. The van der Waals surface area contributed by atoms with Crippen LogP contribution in [0.25, 0.3) is 5.52 Å². The standard InChI is InChI=1S/C17H22BrN3O2/c1-11-7-19-8-15-14(18)6-13(21(11)15)5-12-9-20(10-12)16(22)23-17(2,3)4/h6-8,12H,5,9-10H2,1-4H3. The highest BCUT2D eigenvalue weighted by Crippen LogP contribution is 2.28. The topological polar surface area (TPSA) is 46.8 Å². The molecule has 1 amide bonds. The predicted octanol–water partition coefficient (Wildman–Crippen LogP) is 3.81. The maximum atomic E-state index is 12.0. The fourth-order valence-corrected chi connectivity index (χ4v) is 3.52. The monoisotopic (exact) mass is 379 g/mol. The molecule has 3 rings (SSSR count). The van der Waals surface area contributed by atoms with E-state index in [9.17, 15) is 4.79 Å². The van der Waals surface area contributed by atoms with Gasteiger partial charge in [-0.15, -0.1) is 0 Å². The minimum Gasteiger partial charge on any atom is -0.444 e. The van der Waals surface area contributed by atoms with Crippen LogP contribution in [0.5, 0.6) is 0 Å². The average Bonchev–Trinajstić information content (AvgIpc) is 2.69. The quantitative estimate of drug-likeness (QED) is 0.796. The number of amides is 1. The Kier molecular flexibility index (Phi) is 4.12. The van der Waals surface area contributed by atoms with Crippen LogP contribution in [0.3, 0.4) is 0 Å². The molecule has 2 aromatic rings. The Bertz CT molecular complexity index is 742. The molecule has 6 heteroatoms. The van der Waals surface area contributed by atoms with Crippen LogP contribution in [0, 0.1) is 12.8 Å². The van der Waals surface area contributed by atoms with Gasteiger partial charge in [-0.05, 0) is 62.0 Å². The Hall–Kier alpha value is -1.56. The van der Waals surface area contributed by atoms with E-state index in [4.69, 9.17) is 4.74 Å². The lowest BCUT2D eigenvalue weighted by molar-refractivity contribution is -0.00103. The molecule has 5 nitrogen and oxygen atoms in total. The third kappa shape index (κ3) is 3.37. The summed E-state index contributed by atoms with van der Waals surface area (Å²) in [6, 6.07) is 2.15. The summed E-state index contributed by atoms with van der Waals surface area (Å²) in [5.41, 5.74) is 3.02. The number of halogens is 1. The first kappa shape index (κ1) is 16.3. The van der Waals surface area contributed by atoms with Crippen molar-refractivity contribution in [3.05, 3.63) is 34.3 Å². The number of aromatic nitrogens is 2. The van der Waals surface area contributed by atoms with Crippen molar-refractivity contribution in [3.8, 4) is 0 Å². The van der Waals surface area contributed by atoms with Gasteiger partial charge in [0.1, 0.15) is 5.60 Å². The van der Waals surface area contributed by atoms with Gasteiger partial charge in [0.15, 0.2) is 0 Å². The number of fused-ring (bicyclic) bond motifs is 1. The first-order chi connectivity index (χ1) is 10.7. The van der Waals surface area contributed by atoms with Crippen LogP contribution in [0.15, 0.2) is 22.9 Å². The second-order valence-electron chi connectivity index (χ2n) is 7.21. The van der Waals surface area contributed by atoms with Gasteiger partial charge in [-0.25, -0.2) is 4.79 Å². The van der Waals surface area contributed by atoms with E-state index in [1.54, 1.807) is 4.90 Å². The smallest absolute Gasteiger partial charge is 0.410 e. The van der Waals surface area contributed by atoms with Crippen LogP contribution in [0.2, 0.25) is 0 Å². The lowest BCUT2D eigenvalue weighted by Crippen LogP contribution is -2.52. The summed E-state index contributed by atoms with van der Waals surface area (Å²) >= 11 is 3.60. The summed E-state index contributed by atoms with van der Waals surface area (Å²) < 4.78 is 8.69. The van der Waals surface area contributed by atoms with Crippen molar-refractivity contribution < 1.29 is 9.53 Å². The molecule has 0 unspecified atom stereocenters. The number of carbonyl (C=O) groups excluding carboxylic acids is 1. The molecule has 0 radical (unpaired) electrons. The fourth-order valence-electron chi connectivity index (χ4n) is 2.98. The van der Waals surface area contributed by atoms with Crippen molar-refractivity contribution >= 4 is 27.5 Å². The summed E-state index contributed by atoms with van der Waals surface area (Å²) in [6.45, 7) is 9.24. The lowest BCUT2D eigenvalue weighted by Gasteiger charge is -2.39. The van der Waals surface area contributed by atoms with Gasteiger partial charge in [0.25, 0.3) is 0 Å². The Balaban J connectivity index is 1.66. The van der Waals surface area contributed by atoms with E-state index in [-0.39, 0.29) is 6.09 Å². The molecular weight excluding hydrogens is 358 g/mol. The highest BCUT2D eigenvalue weighted by molar-refractivity contribution is 9.10. The second kappa shape index (κ2) is 5.82. The molecule has 0 N–H and O–H groups in total. The molecule has 0 saturated carbocycles. The highest BCUT2D eigenvalue weighted by Gasteiger charge is 2.34. The van der Waals surface area contributed by atoms with E-state index in [0.29, 0.717) is 5.92 Å². The molecule has 0 atom stereocenters. The van der Waals surface area contributed by atoms with Crippen LogP contribution >= 0.6 is 15.9 Å². The summed E-state index contributed by atoms with van der Waals surface area (Å²) in [6.07, 6.45) is 4.47. The second-order valence-corrected chi connectivity index (χ2v) is 8.06. The summed E-state index contributed by atoms with van der Waals surface area (Å²) in [5, 5.41) is 0. The van der Waals surface area contributed by atoms with E-state index in [1.165, 1.54) is 5.69 Å². The van der Waals surface area contributed by atoms with Gasteiger partial charge >= 0.3 is 6.09 Å². The number of likely N-dealkylation sites (tertiary alicyclic amines) is 1. The zero-order valence-electron chi connectivity index (χ0n) is 14.0. The van der Waals surface area contributed by atoms with Gasteiger partial charge in [-0.3, -0.25) is 4.98 Å². The molecule has 2 aromatic heterocycles. The highest BCUT2D eigenvalue weighted by atomic mass is 79.9. The molecule has 0 bridgehead atoms. The minimum atomic E-state index is -0.436. The van der Waals surface area contributed by atoms with E-state index in [2.05, 4.69) is 38.3 Å². The molecule has 124 valence electrons. The predicted molar refractivity (Wildman–Crippen MR) is 92.6 cm³/mol. The zero-order valence-corrected chi connectivity index (χ0v) is 15.6. The van der Waals surface area contributed by atoms with Crippen LogP contribution in [0.1, 0.15) is 32.2 Å². The minimum absolute atomic E-state index is 0.213. The van der Waals surface area contributed by atoms with Gasteiger partial charge < -0.3 is 14.0 Å². The number of aryl methyl sites for hydroxylation is 1. The van der Waals surface area contributed by atoms with Crippen LogP contribution < -0.4 is 0 Å². The van der Waals surface area contributed by atoms with Crippen LogP contribution in [-0.4, -0.2) is 39.1 Å². The van der Waals surface area contributed by atoms with Gasteiger partial charge in [-0.1, -0.05) is 0 Å². The SMILES string of the molecule is Cc1cncc2c(Br)cc(CC3CN(C(=O)OC(C)(C)C)C3)n12. The van der Waals surface area contributed by atoms with Gasteiger partial charge in [-0.2, -0.15) is 0 Å². The summed E-state index contributed by atoms with van der Waals surface area (Å²) in [7, 11) is 0. The largest absolute Gasteiger partial charge is 0.444 e. The third-order valence-electron chi connectivity index (χ3n) is 3.98. The molecule has 1 fully saturated rings. The van der Waals surface area contributed by atoms with E-state index >= 15 is 0 Å². The van der Waals surface area contributed by atoms with E-state index in [1.807, 2.05) is 33.2 Å². The number of nitrogens with zero attached hydrogens (tertiary/aromatic N) is 3. The Morgan fingerprint density at radius 3 is 2.74 bits per heavy atom. The Labute approximate surface area is 144 Å². The van der Waals surface area contributed by atoms with Crippen molar-refractivity contribution in [2.24, 2.45) is 5.92 Å². The number of hydrogen-bond acceptors (Lipinski definition) is 3. The van der Waals surface area contributed by atoms with Gasteiger partial charge in [0.2, 0.25) is 0 Å².